The van der Waals surface area contributed by atoms with Gasteiger partial charge in [-0.2, -0.15) is 0 Å². The van der Waals surface area contributed by atoms with E-state index in [-0.39, 0.29) is 6.42 Å². The number of rotatable bonds is 29. The van der Waals surface area contributed by atoms with Crippen LogP contribution in [0.1, 0.15) is 155 Å². The van der Waals surface area contributed by atoms with Gasteiger partial charge in [0.1, 0.15) is 0 Å². The first-order valence-electron chi connectivity index (χ1n) is 17.6. The molecule has 0 aliphatic heterocycles. The van der Waals surface area contributed by atoms with Crippen molar-refractivity contribution in [1.82, 2.24) is 0 Å². The van der Waals surface area contributed by atoms with E-state index in [0.29, 0.717) is 0 Å². The van der Waals surface area contributed by atoms with Crippen LogP contribution in [-0.2, 0) is 9.59 Å². The lowest BCUT2D eigenvalue weighted by molar-refractivity contribution is -0.137. The van der Waals surface area contributed by atoms with Crippen molar-refractivity contribution in [2.75, 3.05) is 0 Å². The molecule has 0 fully saturated rings. The highest BCUT2D eigenvalue weighted by Crippen LogP contribution is 2.12. The van der Waals surface area contributed by atoms with Gasteiger partial charge in [0.05, 0.1) is 0 Å². The minimum absolute atomic E-state index is 0.262. The van der Waals surface area contributed by atoms with E-state index in [2.05, 4.69) is 68.5 Å². The number of aliphatic carboxylic acids is 2. The molecule has 0 bridgehead atoms. The molecule has 0 saturated heterocycles. The highest BCUT2D eigenvalue weighted by Gasteiger charge is 1.93. The largest absolute Gasteiger partial charge is 0.481 e. The molecule has 0 amide bonds. The van der Waals surface area contributed by atoms with Crippen molar-refractivity contribution < 1.29 is 19.8 Å². The summed E-state index contributed by atoms with van der Waals surface area (Å²) in [7, 11) is 0. The van der Waals surface area contributed by atoms with Crippen molar-refractivity contribution in [1.29, 1.82) is 0 Å². The average molecular weight is 611 g/mol. The zero-order chi connectivity index (χ0) is 32.6. The van der Waals surface area contributed by atoms with Gasteiger partial charge in [-0.15, -0.1) is 0 Å². The van der Waals surface area contributed by atoms with Crippen molar-refractivity contribution in [3.8, 4) is 0 Å². The summed E-state index contributed by atoms with van der Waals surface area (Å²) in [6, 6.07) is 0. The summed E-state index contributed by atoms with van der Waals surface area (Å²) in [6.07, 6.45) is 54.0. The molecule has 0 unspecified atom stereocenters. The van der Waals surface area contributed by atoms with Gasteiger partial charge < -0.3 is 10.2 Å². The van der Waals surface area contributed by atoms with Gasteiger partial charge in [0.2, 0.25) is 0 Å². The molecular formula is C40H66O4. The van der Waals surface area contributed by atoms with Crippen LogP contribution in [0.4, 0.5) is 0 Å². The van der Waals surface area contributed by atoms with Crippen molar-refractivity contribution in [3.05, 3.63) is 85.1 Å². The average Bonchev–Trinajstić information content (AvgIpc) is 3.00. The highest BCUT2D eigenvalue weighted by molar-refractivity contribution is 5.80. The quantitative estimate of drug-likeness (QED) is 0.0382. The molecular weight excluding hydrogens is 544 g/mol. The van der Waals surface area contributed by atoms with E-state index in [1.165, 1.54) is 102 Å². The first-order valence-corrected chi connectivity index (χ1v) is 17.6. The summed E-state index contributed by atoms with van der Waals surface area (Å²) in [4.78, 5) is 20.5. The minimum atomic E-state index is -0.908. The number of hydrogen-bond donors (Lipinski definition) is 2. The van der Waals surface area contributed by atoms with E-state index in [0.717, 1.165) is 44.6 Å². The predicted octanol–water partition coefficient (Wildman–Crippen LogP) is 12.7. The molecule has 0 heterocycles. The Bertz CT molecular complexity index is 826. The molecule has 4 heteroatoms. The van der Waals surface area contributed by atoms with Gasteiger partial charge in [0, 0.05) is 12.5 Å². The monoisotopic (exact) mass is 610 g/mol. The van der Waals surface area contributed by atoms with Crippen LogP contribution >= 0.6 is 0 Å². The highest BCUT2D eigenvalue weighted by atomic mass is 16.4. The Morgan fingerprint density at radius 1 is 0.432 bits per heavy atom. The maximum absolute atomic E-state index is 10.3. The number of carboxylic acid groups (broad SMARTS) is 2. The molecule has 0 aliphatic rings. The molecule has 2 N–H and O–H groups in total. The number of allylic oxidation sites excluding steroid dienone is 13. The van der Waals surface area contributed by atoms with Gasteiger partial charge in [-0.05, 0) is 57.8 Å². The van der Waals surface area contributed by atoms with Crippen molar-refractivity contribution in [2.45, 2.75) is 155 Å². The number of carbonyl (C=O) groups is 2. The molecule has 0 aromatic heterocycles. The third-order valence-electron chi connectivity index (χ3n) is 6.90. The third-order valence-corrected chi connectivity index (χ3v) is 6.90. The fourth-order valence-electron chi connectivity index (χ4n) is 4.30. The summed E-state index contributed by atoms with van der Waals surface area (Å²) < 4.78 is 0. The molecule has 44 heavy (non-hydrogen) atoms. The van der Waals surface area contributed by atoms with Crippen LogP contribution in [0.25, 0.3) is 0 Å². The Kier molecular flexibility index (Phi) is 39.4. The van der Waals surface area contributed by atoms with E-state index in [1.54, 1.807) is 6.08 Å². The molecule has 0 saturated carbocycles. The zero-order valence-electron chi connectivity index (χ0n) is 28.4. The summed E-state index contributed by atoms with van der Waals surface area (Å²) in [5, 5.41) is 16.9. The van der Waals surface area contributed by atoms with Crippen molar-refractivity contribution in [3.63, 3.8) is 0 Å². The zero-order valence-corrected chi connectivity index (χ0v) is 28.4. The second-order valence-corrected chi connectivity index (χ2v) is 11.2. The lowest BCUT2D eigenvalue weighted by Gasteiger charge is -2.01. The van der Waals surface area contributed by atoms with Gasteiger partial charge in [0.25, 0.3) is 0 Å². The number of hydrogen-bond acceptors (Lipinski definition) is 2. The van der Waals surface area contributed by atoms with Crippen LogP contribution in [0.2, 0.25) is 0 Å². The summed E-state index contributed by atoms with van der Waals surface area (Å²) in [5.74, 6) is -1.62. The molecule has 0 aliphatic carbocycles. The lowest BCUT2D eigenvalue weighted by Crippen LogP contribution is -1.92. The fourth-order valence-corrected chi connectivity index (χ4v) is 4.30. The lowest BCUT2D eigenvalue weighted by atomic mass is 10.1. The van der Waals surface area contributed by atoms with Crippen molar-refractivity contribution in [2.24, 2.45) is 0 Å². The van der Waals surface area contributed by atoms with Crippen LogP contribution < -0.4 is 0 Å². The summed E-state index contributed by atoms with van der Waals surface area (Å²) in [5.41, 5.74) is 0. The van der Waals surface area contributed by atoms with Gasteiger partial charge in [-0.25, -0.2) is 4.79 Å². The van der Waals surface area contributed by atoms with Crippen LogP contribution in [0, 0.1) is 0 Å². The van der Waals surface area contributed by atoms with E-state index in [1.807, 2.05) is 12.2 Å². The van der Waals surface area contributed by atoms with E-state index in [9.17, 15) is 9.59 Å². The van der Waals surface area contributed by atoms with E-state index < -0.39 is 11.9 Å². The Hall–Kier alpha value is -2.88. The summed E-state index contributed by atoms with van der Waals surface area (Å²) >= 11 is 0. The molecule has 0 aromatic rings. The third kappa shape index (κ3) is 46.1. The van der Waals surface area contributed by atoms with Crippen LogP contribution in [0.3, 0.4) is 0 Å². The van der Waals surface area contributed by atoms with Crippen LogP contribution in [-0.4, -0.2) is 22.2 Å². The second-order valence-electron chi connectivity index (χ2n) is 11.2. The van der Waals surface area contributed by atoms with Gasteiger partial charge in [-0.3, -0.25) is 4.79 Å². The smallest absolute Gasteiger partial charge is 0.328 e. The molecule has 0 rings (SSSR count). The molecule has 250 valence electrons. The molecule has 0 radical (unpaired) electrons. The molecule has 0 aromatic carbocycles. The number of carboxylic acids is 2. The number of unbranched alkanes of at least 4 members (excludes halogenated alkanes) is 15. The van der Waals surface area contributed by atoms with Crippen molar-refractivity contribution >= 4 is 11.9 Å². The standard InChI is InChI=1S/C20H34O2.C20H32O2/c2*1-2-3-4-5-6-7-8-9-10-11-12-13-14-15-16-17-18-19-20(21)22/h14-19H,2-13H2,1H3,(H,21,22);6-7,9-10,12-13,15-16H,2-5,8,11,14,17-19H2,1H3,(H,21,22). The topological polar surface area (TPSA) is 74.6 Å². The Labute approximate surface area is 271 Å². The Balaban J connectivity index is 0. The SMILES string of the molecule is CCCCCC=CCC=CCC=CCC=CCCCC(=O)O.CCCCCCCCCCCCCC=CC=CC=CC(=O)O. The first-order chi connectivity index (χ1) is 21.5. The minimum Gasteiger partial charge on any atom is -0.481 e. The second kappa shape index (κ2) is 40.1. The maximum atomic E-state index is 10.3. The maximum Gasteiger partial charge on any atom is 0.328 e. The first kappa shape index (κ1) is 43.2. The predicted molar refractivity (Wildman–Crippen MR) is 192 cm³/mol. The molecule has 4 nitrogen and oxygen atoms in total. The van der Waals surface area contributed by atoms with Gasteiger partial charge in [-0.1, -0.05) is 170 Å². The van der Waals surface area contributed by atoms with Crippen LogP contribution in [0.5, 0.6) is 0 Å². The molecule has 0 atom stereocenters. The van der Waals surface area contributed by atoms with Crippen LogP contribution in [0.15, 0.2) is 85.1 Å². The van der Waals surface area contributed by atoms with Gasteiger partial charge in [0.15, 0.2) is 0 Å². The Morgan fingerprint density at radius 3 is 1.32 bits per heavy atom. The van der Waals surface area contributed by atoms with E-state index in [4.69, 9.17) is 10.2 Å². The normalized spacial score (nSPS) is 12.2. The van der Waals surface area contributed by atoms with Gasteiger partial charge >= 0.3 is 11.9 Å². The summed E-state index contributed by atoms with van der Waals surface area (Å²) in [6.45, 7) is 4.50. The van der Waals surface area contributed by atoms with E-state index >= 15 is 0 Å². The fraction of sp³-hybridized carbons (Fsp3) is 0.600. The Morgan fingerprint density at radius 2 is 0.818 bits per heavy atom. The molecule has 0 spiro atoms.